The van der Waals surface area contributed by atoms with Crippen molar-refractivity contribution in [3.8, 4) is 5.75 Å². The fourth-order valence-electron chi connectivity index (χ4n) is 0.548. The third-order valence-corrected chi connectivity index (χ3v) is 0.965. The van der Waals surface area contributed by atoms with Gasteiger partial charge in [-0.2, -0.15) is 11.4 Å². The van der Waals surface area contributed by atoms with E-state index in [4.69, 9.17) is 6.57 Å². The summed E-state index contributed by atoms with van der Waals surface area (Å²) in [5.41, 5.74) is 0. The van der Waals surface area contributed by atoms with Gasteiger partial charge in [0, 0.05) is 0 Å². The average Bonchev–Trinajstić information content (AvgIpc) is 1.95. The number of nitrogens with zero attached hydrogens (tertiary/aromatic N) is 1. The van der Waals surface area contributed by atoms with Crippen molar-refractivity contribution in [3.05, 3.63) is 41.7 Å². The Hall–Kier alpha value is -1.56. The largest absolute Gasteiger partial charge is 0.219 e. The maximum absolute atomic E-state index is 12.2. The van der Waals surface area contributed by atoms with E-state index in [-0.39, 0.29) is 5.82 Å². The van der Waals surface area contributed by atoms with Gasteiger partial charge < -0.3 is 0 Å². The number of benzene rings is 1. The second kappa shape index (κ2) is 2.83. The first-order valence-electron chi connectivity index (χ1n) is 2.62. The van der Waals surface area contributed by atoms with Crippen LogP contribution in [0.5, 0.6) is 5.75 Å². The Morgan fingerprint density at radius 3 is 2.40 bits per heavy atom. The van der Waals surface area contributed by atoms with Crippen molar-refractivity contribution in [1.82, 2.24) is 0 Å². The van der Waals surface area contributed by atoms with Crippen molar-refractivity contribution in [2.45, 2.75) is 0 Å². The molecule has 50 valence electrons. The first kappa shape index (κ1) is 6.56. The third kappa shape index (κ3) is 1.46. The van der Waals surface area contributed by atoms with Crippen molar-refractivity contribution in [2.75, 3.05) is 0 Å². The Kier molecular flexibility index (Phi) is 1.86. The molecule has 0 spiro atoms. The SMILES string of the molecule is [C-]#[N+]Oc1ccc(F)cc1. The van der Waals surface area contributed by atoms with Gasteiger partial charge in [0.25, 0.3) is 0 Å². The van der Waals surface area contributed by atoms with Gasteiger partial charge in [-0.25, -0.2) is 4.39 Å². The van der Waals surface area contributed by atoms with E-state index in [1.165, 1.54) is 24.3 Å². The molecule has 0 aromatic heterocycles. The van der Waals surface area contributed by atoms with Crippen molar-refractivity contribution in [1.29, 1.82) is 0 Å². The van der Waals surface area contributed by atoms with Gasteiger partial charge in [-0.05, 0) is 29.3 Å². The summed E-state index contributed by atoms with van der Waals surface area (Å²) < 4.78 is 12.2. The van der Waals surface area contributed by atoms with E-state index >= 15 is 0 Å². The first-order valence-corrected chi connectivity index (χ1v) is 2.62. The van der Waals surface area contributed by atoms with Crippen LogP contribution in [0, 0.1) is 12.4 Å². The van der Waals surface area contributed by atoms with E-state index in [2.05, 4.69) is 9.85 Å². The van der Waals surface area contributed by atoms with Gasteiger partial charge in [0.05, 0.1) is 0 Å². The minimum Gasteiger partial charge on any atom is -0.207 e. The second-order valence-corrected chi connectivity index (χ2v) is 1.64. The molecule has 2 nitrogen and oxygen atoms in total. The maximum Gasteiger partial charge on any atom is 0.219 e. The molecule has 0 aliphatic heterocycles. The molecule has 1 aromatic carbocycles. The van der Waals surface area contributed by atoms with Gasteiger partial charge in [0.1, 0.15) is 5.82 Å². The van der Waals surface area contributed by atoms with Crippen LogP contribution in [0.3, 0.4) is 0 Å². The standard InChI is InChI=1S/C7H4FNO/c1-9-10-7-4-2-6(8)3-5-7/h2-5H. The highest BCUT2D eigenvalue weighted by atomic mass is 19.1. The molecule has 0 aliphatic carbocycles. The quantitative estimate of drug-likeness (QED) is 0.426. The summed E-state index contributed by atoms with van der Waals surface area (Å²) in [4.78, 5) is 4.39. The molecule has 0 aliphatic rings. The fraction of sp³-hybridized carbons (Fsp3) is 0. The van der Waals surface area contributed by atoms with Crippen LogP contribution in [-0.2, 0) is 0 Å². The van der Waals surface area contributed by atoms with Crippen molar-refractivity contribution in [3.63, 3.8) is 0 Å². The lowest BCUT2D eigenvalue weighted by Crippen LogP contribution is -1.77. The normalized spacial score (nSPS) is 8.40. The van der Waals surface area contributed by atoms with Crippen LogP contribution in [-0.4, -0.2) is 0 Å². The molecule has 0 heterocycles. The number of hydrogen-bond donors (Lipinski definition) is 0. The summed E-state index contributed by atoms with van der Waals surface area (Å²) in [7, 11) is 0. The molecule has 0 amide bonds. The second-order valence-electron chi connectivity index (χ2n) is 1.64. The molecular weight excluding hydrogens is 133 g/mol. The zero-order valence-corrected chi connectivity index (χ0v) is 5.04. The number of hydrogen-bond acceptors (Lipinski definition) is 1. The minimum atomic E-state index is -0.336. The van der Waals surface area contributed by atoms with Gasteiger partial charge in [-0.1, -0.05) is 0 Å². The predicted octanol–water partition coefficient (Wildman–Crippen LogP) is 2.04. The van der Waals surface area contributed by atoms with E-state index in [1.54, 1.807) is 0 Å². The van der Waals surface area contributed by atoms with E-state index in [0.717, 1.165) is 0 Å². The summed E-state index contributed by atoms with van der Waals surface area (Å²) in [5.74, 6) is 0.0220. The van der Waals surface area contributed by atoms with Gasteiger partial charge in [0.15, 0.2) is 0 Å². The lowest BCUT2D eigenvalue weighted by Gasteiger charge is -1.87. The Labute approximate surface area is 57.6 Å². The highest BCUT2D eigenvalue weighted by Gasteiger charge is 1.94. The molecule has 0 unspecified atom stereocenters. The predicted molar refractivity (Wildman–Crippen MR) is 33.6 cm³/mol. The summed E-state index contributed by atoms with van der Waals surface area (Å²) in [5, 5.41) is 2.66. The molecule has 0 N–H and O–H groups in total. The molecule has 0 atom stereocenters. The average molecular weight is 137 g/mol. The molecule has 0 saturated carbocycles. The van der Waals surface area contributed by atoms with Crippen LogP contribution < -0.4 is 4.84 Å². The maximum atomic E-state index is 12.2. The Morgan fingerprint density at radius 1 is 1.30 bits per heavy atom. The summed E-state index contributed by atoms with van der Waals surface area (Å²) in [6.07, 6.45) is 0. The third-order valence-electron chi connectivity index (χ3n) is 0.965. The molecule has 1 rings (SSSR count). The Bertz CT molecular complexity index is 249. The molecule has 1 aromatic rings. The zero-order valence-electron chi connectivity index (χ0n) is 5.04. The van der Waals surface area contributed by atoms with Crippen LogP contribution in [0.15, 0.2) is 24.3 Å². The fourth-order valence-corrected chi connectivity index (χ4v) is 0.548. The highest BCUT2D eigenvalue weighted by molar-refractivity contribution is 5.22. The summed E-state index contributed by atoms with van der Waals surface area (Å²) >= 11 is 0. The van der Waals surface area contributed by atoms with Crippen LogP contribution >= 0.6 is 0 Å². The van der Waals surface area contributed by atoms with E-state index in [9.17, 15) is 4.39 Å². The molecule has 3 heteroatoms. The van der Waals surface area contributed by atoms with Crippen molar-refractivity contribution in [2.24, 2.45) is 0 Å². The molecule has 10 heavy (non-hydrogen) atoms. The minimum absolute atomic E-state index is 0.336. The van der Waals surface area contributed by atoms with Crippen molar-refractivity contribution < 1.29 is 9.23 Å². The topological polar surface area (TPSA) is 13.6 Å². The van der Waals surface area contributed by atoms with Gasteiger partial charge >= 0.3 is 0 Å². The lowest BCUT2D eigenvalue weighted by atomic mass is 10.3. The van der Waals surface area contributed by atoms with Crippen molar-refractivity contribution >= 4 is 0 Å². The van der Waals surface area contributed by atoms with Crippen LogP contribution in [0.25, 0.3) is 5.01 Å². The lowest BCUT2D eigenvalue weighted by molar-refractivity contribution is 0.471. The van der Waals surface area contributed by atoms with E-state index < -0.39 is 0 Å². The van der Waals surface area contributed by atoms with E-state index in [0.29, 0.717) is 5.75 Å². The molecule has 0 radical (unpaired) electrons. The zero-order chi connectivity index (χ0) is 7.40. The highest BCUT2D eigenvalue weighted by Crippen LogP contribution is 2.10. The van der Waals surface area contributed by atoms with Gasteiger partial charge in [-0.3, -0.25) is 0 Å². The Morgan fingerprint density at radius 2 is 1.90 bits per heavy atom. The molecule has 0 fully saturated rings. The molecule has 0 bridgehead atoms. The van der Waals surface area contributed by atoms with E-state index in [1.807, 2.05) is 0 Å². The molecular formula is C7H4FNO. The monoisotopic (exact) mass is 137 g/mol. The first-order chi connectivity index (χ1) is 4.83. The van der Waals surface area contributed by atoms with Crippen LogP contribution in [0.2, 0.25) is 0 Å². The number of halogens is 1. The van der Waals surface area contributed by atoms with Crippen LogP contribution in [0.1, 0.15) is 0 Å². The number of rotatable bonds is 1. The van der Waals surface area contributed by atoms with Gasteiger partial charge in [-0.15, -0.1) is 0 Å². The summed E-state index contributed by atoms with van der Waals surface area (Å²) in [6.45, 7) is 6.30. The van der Waals surface area contributed by atoms with Crippen LogP contribution in [0.4, 0.5) is 4.39 Å². The molecule has 0 saturated heterocycles. The summed E-state index contributed by atoms with van der Waals surface area (Å²) in [6, 6.07) is 5.27. The smallest absolute Gasteiger partial charge is 0.207 e. The Balaban J connectivity index is 2.81. The van der Waals surface area contributed by atoms with Gasteiger partial charge in [0.2, 0.25) is 5.75 Å².